The first-order valence-electron chi connectivity index (χ1n) is 7.27. The fourth-order valence-electron chi connectivity index (χ4n) is 2.06. The van der Waals surface area contributed by atoms with Gasteiger partial charge in [-0.2, -0.15) is 0 Å². The summed E-state index contributed by atoms with van der Waals surface area (Å²) in [5.41, 5.74) is 0.993. The molecular formula is C17H19N2O4+. The number of aromatic carboxylic acids is 1. The molecule has 2 aromatic rings. The van der Waals surface area contributed by atoms with Gasteiger partial charge < -0.3 is 15.2 Å². The van der Waals surface area contributed by atoms with Crippen LogP contribution in [0.25, 0.3) is 0 Å². The van der Waals surface area contributed by atoms with Gasteiger partial charge in [0.05, 0.1) is 6.61 Å². The van der Waals surface area contributed by atoms with E-state index < -0.39 is 5.97 Å². The van der Waals surface area contributed by atoms with Gasteiger partial charge in [0.1, 0.15) is 11.3 Å². The van der Waals surface area contributed by atoms with Crippen LogP contribution in [0.5, 0.6) is 5.75 Å². The number of carbonyl (C=O) groups excluding carboxylic acids is 1. The number of hydrogen-bond acceptors (Lipinski definition) is 3. The summed E-state index contributed by atoms with van der Waals surface area (Å²) in [7, 11) is 0. The van der Waals surface area contributed by atoms with Gasteiger partial charge in [0, 0.05) is 25.1 Å². The second-order valence-electron chi connectivity index (χ2n) is 5.04. The topological polar surface area (TPSA) is 79.5 Å². The number of benzene rings is 1. The number of rotatable bonds is 7. The van der Waals surface area contributed by atoms with Gasteiger partial charge in [-0.15, -0.1) is 0 Å². The monoisotopic (exact) mass is 315 g/mol. The van der Waals surface area contributed by atoms with Crippen molar-refractivity contribution in [1.82, 2.24) is 0 Å². The van der Waals surface area contributed by atoms with Crippen LogP contribution in [0.3, 0.4) is 0 Å². The summed E-state index contributed by atoms with van der Waals surface area (Å²) in [5.74, 6) is -0.322. The SMILES string of the molecule is CC(=O)Nc1ccc(OCCC[n+]2cccc(C(=O)O)c2)cc1. The van der Waals surface area contributed by atoms with Crippen molar-refractivity contribution in [2.45, 2.75) is 19.9 Å². The number of carbonyl (C=O) groups is 2. The zero-order valence-electron chi connectivity index (χ0n) is 12.9. The molecule has 1 amide bonds. The molecule has 0 fully saturated rings. The number of amides is 1. The van der Waals surface area contributed by atoms with Crippen molar-refractivity contribution < 1.29 is 24.0 Å². The summed E-state index contributed by atoms with van der Waals surface area (Å²) >= 11 is 0. The van der Waals surface area contributed by atoms with E-state index in [0.29, 0.717) is 13.2 Å². The van der Waals surface area contributed by atoms with Gasteiger partial charge in [-0.05, 0) is 30.3 Å². The Labute approximate surface area is 134 Å². The molecule has 0 saturated heterocycles. The first-order chi connectivity index (χ1) is 11.0. The van der Waals surface area contributed by atoms with Crippen LogP contribution in [-0.2, 0) is 11.3 Å². The lowest BCUT2D eigenvalue weighted by atomic mass is 10.3. The Morgan fingerprint density at radius 1 is 1.22 bits per heavy atom. The van der Waals surface area contributed by atoms with E-state index in [1.165, 1.54) is 6.92 Å². The minimum Gasteiger partial charge on any atom is -0.493 e. The quantitative estimate of drug-likeness (QED) is 0.606. The molecule has 0 radical (unpaired) electrons. The van der Waals surface area contributed by atoms with E-state index >= 15 is 0 Å². The Kier molecular flexibility index (Phi) is 5.68. The Morgan fingerprint density at radius 3 is 2.61 bits per heavy atom. The van der Waals surface area contributed by atoms with Crippen molar-refractivity contribution in [3.05, 3.63) is 54.4 Å². The number of ether oxygens (including phenoxy) is 1. The number of pyridine rings is 1. The van der Waals surface area contributed by atoms with Crippen molar-refractivity contribution in [3.8, 4) is 5.75 Å². The number of nitrogens with one attached hydrogen (secondary N) is 1. The molecule has 0 saturated carbocycles. The minimum atomic E-state index is -0.935. The summed E-state index contributed by atoms with van der Waals surface area (Å²) in [6, 6.07) is 10.4. The molecule has 0 spiro atoms. The van der Waals surface area contributed by atoms with Gasteiger partial charge in [0.15, 0.2) is 18.9 Å². The molecule has 0 aliphatic carbocycles. The molecule has 6 nitrogen and oxygen atoms in total. The van der Waals surface area contributed by atoms with Crippen molar-refractivity contribution in [1.29, 1.82) is 0 Å². The maximum absolute atomic E-state index is 10.9. The molecule has 0 unspecified atom stereocenters. The number of anilines is 1. The lowest BCUT2D eigenvalue weighted by Crippen LogP contribution is -2.34. The summed E-state index contributed by atoms with van der Waals surface area (Å²) in [6.07, 6.45) is 4.18. The first kappa shape index (κ1) is 16.5. The Bertz CT molecular complexity index is 683. The van der Waals surface area contributed by atoms with E-state index in [2.05, 4.69) is 5.32 Å². The van der Waals surface area contributed by atoms with Gasteiger partial charge in [0.2, 0.25) is 5.91 Å². The van der Waals surface area contributed by atoms with Crippen LogP contribution in [-0.4, -0.2) is 23.6 Å². The average Bonchev–Trinajstić information content (AvgIpc) is 2.53. The van der Waals surface area contributed by atoms with Crippen molar-refractivity contribution in [3.63, 3.8) is 0 Å². The highest BCUT2D eigenvalue weighted by atomic mass is 16.5. The number of aromatic nitrogens is 1. The predicted octanol–water partition coefficient (Wildman–Crippen LogP) is 2.10. The lowest BCUT2D eigenvalue weighted by molar-refractivity contribution is -0.697. The summed E-state index contributed by atoms with van der Waals surface area (Å²) in [6.45, 7) is 2.65. The normalized spacial score (nSPS) is 10.1. The number of aryl methyl sites for hydroxylation is 1. The van der Waals surface area contributed by atoms with Crippen LogP contribution in [0, 0.1) is 0 Å². The van der Waals surface area contributed by atoms with Crippen molar-refractivity contribution >= 4 is 17.6 Å². The maximum atomic E-state index is 10.9. The molecule has 0 aliphatic heterocycles. The number of nitrogens with zero attached hydrogens (tertiary/aromatic N) is 1. The zero-order valence-corrected chi connectivity index (χ0v) is 12.9. The van der Waals surface area contributed by atoms with E-state index in [1.807, 2.05) is 10.8 Å². The summed E-state index contributed by atoms with van der Waals surface area (Å²) in [4.78, 5) is 21.8. The second-order valence-corrected chi connectivity index (χ2v) is 5.04. The molecule has 1 heterocycles. The van der Waals surface area contributed by atoms with Crippen LogP contribution in [0.1, 0.15) is 23.7 Å². The highest BCUT2D eigenvalue weighted by Crippen LogP contribution is 2.15. The molecule has 120 valence electrons. The summed E-state index contributed by atoms with van der Waals surface area (Å²) < 4.78 is 7.45. The molecular weight excluding hydrogens is 296 g/mol. The van der Waals surface area contributed by atoms with E-state index in [-0.39, 0.29) is 11.5 Å². The van der Waals surface area contributed by atoms with E-state index in [9.17, 15) is 9.59 Å². The highest BCUT2D eigenvalue weighted by Gasteiger charge is 2.08. The minimum absolute atomic E-state index is 0.112. The van der Waals surface area contributed by atoms with Crippen molar-refractivity contribution in [2.75, 3.05) is 11.9 Å². The molecule has 1 aromatic carbocycles. The average molecular weight is 315 g/mol. The van der Waals surface area contributed by atoms with E-state index in [1.54, 1.807) is 42.6 Å². The van der Waals surface area contributed by atoms with Gasteiger partial charge in [-0.1, -0.05) is 0 Å². The summed E-state index contributed by atoms with van der Waals surface area (Å²) in [5, 5.41) is 11.6. The molecule has 2 rings (SSSR count). The smallest absolute Gasteiger partial charge is 0.341 e. The zero-order chi connectivity index (χ0) is 16.7. The number of hydrogen-bond donors (Lipinski definition) is 2. The van der Waals surface area contributed by atoms with Gasteiger partial charge in [-0.25, -0.2) is 9.36 Å². The van der Waals surface area contributed by atoms with Gasteiger partial charge in [-0.3, -0.25) is 4.79 Å². The Hall–Kier alpha value is -2.89. The number of carboxylic acid groups (broad SMARTS) is 1. The molecule has 6 heteroatoms. The van der Waals surface area contributed by atoms with Gasteiger partial charge in [0.25, 0.3) is 0 Å². The molecule has 1 aromatic heterocycles. The number of carboxylic acids is 1. The molecule has 23 heavy (non-hydrogen) atoms. The van der Waals surface area contributed by atoms with Crippen molar-refractivity contribution in [2.24, 2.45) is 0 Å². The second kappa shape index (κ2) is 7.93. The fourth-order valence-corrected chi connectivity index (χ4v) is 2.06. The van der Waals surface area contributed by atoms with Crippen LogP contribution in [0.2, 0.25) is 0 Å². The Balaban J connectivity index is 1.78. The first-order valence-corrected chi connectivity index (χ1v) is 7.27. The van der Waals surface area contributed by atoms with Crippen LogP contribution < -0.4 is 14.6 Å². The molecule has 0 bridgehead atoms. The third kappa shape index (κ3) is 5.43. The third-order valence-electron chi connectivity index (χ3n) is 3.11. The van der Waals surface area contributed by atoms with Crippen LogP contribution in [0.15, 0.2) is 48.8 Å². The highest BCUT2D eigenvalue weighted by molar-refractivity contribution is 5.88. The van der Waals surface area contributed by atoms with Crippen LogP contribution >= 0.6 is 0 Å². The van der Waals surface area contributed by atoms with Crippen LogP contribution in [0.4, 0.5) is 5.69 Å². The van der Waals surface area contributed by atoms with E-state index in [0.717, 1.165) is 17.9 Å². The van der Waals surface area contributed by atoms with Gasteiger partial charge >= 0.3 is 5.97 Å². The molecule has 2 N–H and O–H groups in total. The standard InChI is InChI=1S/C17H18N2O4/c1-13(20)18-15-5-7-16(8-6-15)23-11-3-10-19-9-2-4-14(12-19)17(21)22/h2,4-9,12H,3,10-11H2,1H3,(H-,18,20,21,22)/p+1. The fraction of sp³-hybridized carbons (Fsp3) is 0.235. The van der Waals surface area contributed by atoms with E-state index in [4.69, 9.17) is 9.84 Å². The third-order valence-corrected chi connectivity index (χ3v) is 3.11. The maximum Gasteiger partial charge on any atom is 0.341 e. The Morgan fingerprint density at radius 2 is 1.96 bits per heavy atom. The predicted molar refractivity (Wildman–Crippen MR) is 84.5 cm³/mol. The largest absolute Gasteiger partial charge is 0.493 e. The molecule has 0 aliphatic rings. The molecule has 0 atom stereocenters. The lowest BCUT2D eigenvalue weighted by Gasteiger charge is -2.06.